The Morgan fingerprint density at radius 2 is 2.05 bits per heavy atom. The van der Waals surface area contributed by atoms with E-state index in [4.69, 9.17) is 5.11 Å². The lowest BCUT2D eigenvalue weighted by Gasteiger charge is -2.21. The van der Waals surface area contributed by atoms with Crippen molar-refractivity contribution in [3.8, 4) is 0 Å². The first-order valence-corrected chi connectivity index (χ1v) is 8.20. The average molecular weight is 315 g/mol. The van der Waals surface area contributed by atoms with E-state index >= 15 is 0 Å². The number of esters is 1. The van der Waals surface area contributed by atoms with Crippen molar-refractivity contribution in [3.63, 3.8) is 0 Å². The Labute approximate surface area is 125 Å². The SMILES string of the molecule is CCCCN(CCO)S(=O)(=O)c1cccc(C(=O)OC)c1. The van der Waals surface area contributed by atoms with Crippen LogP contribution in [-0.4, -0.2) is 50.6 Å². The molecule has 0 radical (unpaired) electrons. The average Bonchev–Trinajstić information content (AvgIpc) is 2.50. The van der Waals surface area contributed by atoms with E-state index in [1.165, 1.54) is 35.7 Å². The zero-order chi connectivity index (χ0) is 15.9. The summed E-state index contributed by atoms with van der Waals surface area (Å²) in [6, 6.07) is 5.71. The Morgan fingerprint density at radius 3 is 2.62 bits per heavy atom. The van der Waals surface area contributed by atoms with Crippen LogP contribution in [0.15, 0.2) is 29.2 Å². The second-order valence-corrected chi connectivity index (χ2v) is 6.44. The van der Waals surface area contributed by atoms with Crippen molar-refractivity contribution in [2.75, 3.05) is 26.8 Å². The van der Waals surface area contributed by atoms with Gasteiger partial charge in [0.2, 0.25) is 10.0 Å². The molecule has 1 N–H and O–H groups in total. The molecule has 0 aliphatic heterocycles. The van der Waals surface area contributed by atoms with Gasteiger partial charge in [-0.15, -0.1) is 0 Å². The molecule has 118 valence electrons. The van der Waals surface area contributed by atoms with Gasteiger partial charge in [-0.1, -0.05) is 19.4 Å². The van der Waals surface area contributed by atoms with Gasteiger partial charge in [0, 0.05) is 13.1 Å². The summed E-state index contributed by atoms with van der Waals surface area (Å²) in [5.41, 5.74) is 0.179. The van der Waals surface area contributed by atoms with Gasteiger partial charge in [-0.2, -0.15) is 4.31 Å². The van der Waals surface area contributed by atoms with Crippen LogP contribution in [0, 0.1) is 0 Å². The zero-order valence-corrected chi connectivity index (χ0v) is 13.1. The Kier molecular flexibility index (Phi) is 6.80. The number of rotatable bonds is 8. The summed E-state index contributed by atoms with van der Waals surface area (Å²) in [7, 11) is -2.50. The lowest BCUT2D eigenvalue weighted by atomic mass is 10.2. The molecule has 0 bridgehead atoms. The van der Waals surface area contributed by atoms with Gasteiger partial charge in [0.15, 0.2) is 0 Å². The first kappa shape index (κ1) is 17.6. The molecule has 0 aliphatic rings. The van der Waals surface area contributed by atoms with Crippen molar-refractivity contribution in [1.82, 2.24) is 4.31 Å². The van der Waals surface area contributed by atoms with Gasteiger partial charge in [-0.25, -0.2) is 13.2 Å². The van der Waals surface area contributed by atoms with E-state index in [2.05, 4.69) is 4.74 Å². The number of methoxy groups -OCH3 is 1. The molecule has 0 aromatic heterocycles. The highest BCUT2D eigenvalue weighted by molar-refractivity contribution is 7.89. The first-order chi connectivity index (χ1) is 9.97. The maximum atomic E-state index is 12.6. The number of benzene rings is 1. The minimum Gasteiger partial charge on any atom is -0.465 e. The lowest BCUT2D eigenvalue weighted by Crippen LogP contribution is -2.34. The van der Waals surface area contributed by atoms with Crippen molar-refractivity contribution < 1.29 is 23.1 Å². The molecule has 1 aromatic carbocycles. The molecule has 0 saturated heterocycles. The molecule has 1 aromatic rings. The molecule has 0 saturated carbocycles. The van der Waals surface area contributed by atoms with Gasteiger partial charge in [0.05, 0.1) is 24.2 Å². The zero-order valence-electron chi connectivity index (χ0n) is 12.3. The van der Waals surface area contributed by atoms with Gasteiger partial charge in [0.25, 0.3) is 0 Å². The molecule has 0 amide bonds. The fourth-order valence-electron chi connectivity index (χ4n) is 1.85. The molecule has 7 heteroatoms. The summed E-state index contributed by atoms with van der Waals surface area (Å²) in [6.07, 6.45) is 1.55. The van der Waals surface area contributed by atoms with E-state index < -0.39 is 16.0 Å². The van der Waals surface area contributed by atoms with Crippen LogP contribution in [0.25, 0.3) is 0 Å². The van der Waals surface area contributed by atoms with Crippen LogP contribution in [0.2, 0.25) is 0 Å². The van der Waals surface area contributed by atoms with E-state index in [1.807, 2.05) is 6.92 Å². The molecule has 0 unspecified atom stereocenters. The number of sulfonamides is 1. The number of aliphatic hydroxyl groups excluding tert-OH is 1. The highest BCUT2D eigenvalue weighted by Crippen LogP contribution is 2.18. The van der Waals surface area contributed by atoms with Crippen molar-refractivity contribution in [3.05, 3.63) is 29.8 Å². The lowest BCUT2D eigenvalue weighted by molar-refractivity contribution is 0.0600. The third-order valence-electron chi connectivity index (χ3n) is 3.00. The molecular weight excluding hydrogens is 294 g/mol. The van der Waals surface area contributed by atoms with Crippen molar-refractivity contribution in [1.29, 1.82) is 0 Å². The fraction of sp³-hybridized carbons (Fsp3) is 0.500. The van der Waals surface area contributed by atoms with Gasteiger partial charge in [0.1, 0.15) is 0 Å². The van der Waals surface area contributed by atoms with Crippen LogP contribution in [0.1, 0.15) is 30.1 Å². The standard InChI is InChI=1S/C14H21NO5S/c1-3-4-8-15(9-10-16)21(18,19)13-7-5-6-12(11-13)14(17)20-2/h5-7,11,16H,3-4,8-10H2,1-2H3. The molecule has 21 heavy (non-hydrogen) atoms. The number of hydrogen-bond donors (Lipinski definition) is 1. The summed E-state index contributed by atoms with van der Waals surface area (Å²) in [6.45, 7) is 2.08. The van der Waals surface area contributed by atoms with Crippen molar-refractivity contribution in [2.24, 2.45) is 0 Å². The molecule has 0 atom stereocenters. The van der Waals surface area contributed by atoms with E-state index in [9.17, 15) is 13.2 Å². The van der Waals surface area contributed by atoms with Crippen LogP contribution >= 0.6 is 0 Å². The number of carbonyl (C=O) groups excluding carboxylic acids is 1. The highest BCUT2D eigenvalue weighted by Gasteiger charge is 2.24. The Balaban J connectivity index is 3.12. The highest BCUT2D eigenvalue weighted by atomic mass is 32.2. The quantitative estimate of drug-likeness (QED) is 0.730. The number of unbranched alkanes of at least 4 members (excludes halogenated alkanes) is 1. The molecule has 6 nitrogen and oxygen atoms in total. The minimum atomic E-state index is -3.73. The number of ether oxygens (including phenoxy) is 1. The maximum absolute atomic E-state index is 12.6. The van der Waals surface area contributed by atoms with E-state index in [1.54, 1.807) is 0 Å². The summed E-state index contributed by atoms with van der Waals surface area (Å²) in [4.78, 5) is 11.5. The number of nitrogens with zero attached hydrogens (tertiary/aromatic N) is 1. The molecule has 1 rings (SSSR count). The summed E-state index contributed by atoms with van der Waals surface area (Å²) in [5, 5.41) is 9.05. The molecule has 0 fully saturated rings. The predicted molar refractivity (Wildman–Crippen MR) is 78.5 cm³/mol. The molecule has 0 spiro atoms. The Morgan fingerprint density at radius 1 is 1.33 bits per heavy atom. The predicted octanol–water partition coefficient (Wildman–Crippen LogP) is 1.26. The van der Waals surface area contributed by atoms with E-state index in [0.29, 0.717) is 13.0 Å². The second-order valence-electron chi connectivity index (χ2n) is 4.50. The summed E-state index contributed by atoms with van der Waals surface area (Å²) >= 11 is 0. The van der Waals surface area contributed by atoms with Gasteiger partial charge < -0.3 is 9.84 Å². The molecule has 0 heterocycles. The third kappa shape index (κ3) is 4.52. The largest absolute Gasteiger partial charge is 0.465 e. The van der Waals surface area contributed by atoms with Crippen molar-refractivity contribution in [2.45, 2.75) is 24.7 Å². The van der Waals surface area contributed by atoms with Crippen LogP contribution < -0.4 is 0 Å². The smallest absolute Gasteiger partial charge is 0.337 e. The van der Waals surface area contributed by atoms with Gasteiger partial charge in [-0.3, -0.25) is 0 Å². The summed E-state index contributed by atoms with van der Waals surface area (Å²) in [5.74, 6) is -0.589. The minimum absolute atomic E-state index is 0.0231. The maximum Gasteiger partial charge on any atom is 0.337 e. The molecular formula is C14H21NO5S. The monoisotopic (exact) mass is 315 g/mol. The third-order valence-corrected chi connectivity index (χ3v) is 4.90. The number of carbonyl (C=O) groups is 1. The van der Waals surface area contributed by atoms with Gasteiger partial charge >= 0.3 is 5.97 Å². The normalized spacial score (nSPS) is 11.6. The van der Waals surface area contributed by atoms with Crippen LogP contribution in [0.4, 0.5) is 0 Å². The Hall–Kier alpha value is -1.44. The van der Waals surface area contributed by atoms with Crippen LogP contribution in [0.5, 0.6) is 0 Å². The number of hydrogen-bond acceptors (Lipinski definition) is 5. The van der Waals surface area contributed by atoms with Crippen molar-refractivity contribution >= 4 is 16.0 Å². The summed E-state index contributed by atoms with van der Waals surface area (Å²) < 4.78 is 30.9. The topological polar surface area (TPSA) is 83.9 Å². The van der Waals surface area contributed by atoms with Crippen LogP contribution in [0.3, 0.4) is 0 Å². The second kappa shape index (κ2) is 8.11. The first-order valence-electron chi connectivity index (χ1n) is 6.76. The Bertz CT molecular complexity index is 570. The number of aliphatic hydroxyl groups is 1. The van der Waals surface area contributed by atoms with Crippen LogP contribution in [-0.2, 0) is 14.8 Å². The fourth-order valence-corrected chi connectivity index (χ4v) is 3.36. The van der Waals surface area contributed by atoms with E-state index in [0.717, 1.165) is 6.42 Å². The molecule has 0 aliphatic carbocycles. The van der Waals surface area contributed by atoms with Gasteiger partial charge in [-0.05, 0) is 24.6 Å². The van der Waals surface area contributed by atoms with E-state index in [-0.39, 0.29) is 23.6 Å².